The molecule has 1 rings (SSSR count). The maximum atomic E-state index is 10.5. The minimum atomic E-state index is -0.852. The number of thiophene rings is 1. The van der Waals surface area contributed by atoms with Gasteiger partial charge >= 0.3 is 5.97 Å². The number of rotatable bonds is 6. The molecule has 0 aromatic carbocycles. The van der Waals surface area contributed by atoms with E-state index in [1.54, 1.807) is 24.3 Å². The molecule has 0 aliphatic heterocycles. The second kappa shape index (κ2) is 6.37. The fourth-order valence-electron chi connectivity index (χ4n) is 1.08. The van der Waals surface area contributed by atoms with E-state index < -0.39 is 5.97 Å². The highest BCUT2D eigenvalue weighted by Crippen LogP contribution is 2.05. The molecule has 0 saturated carbocycles. The summed E-state index contributed by atoms with van der Waals surface area (Å²) < 4.78 is 0. The van der Waals surface area contributed by atoms with Gasteiger partial charge in [0.1, 0.15) is 0 Å². The molecule has 0 bridgehead atoms. The van der Waals surface area contributed by atoms with Gasteiger partial charge in [0.15, 0.2) is 0 Å². The average Bonchev–Trinajstić information content (AvgIpc) is 2.69. The molecule has 82 valence electrons. The van der Waals surface area contributed by atoms with Gasteiger partial charge in [-0.05, 0) is 42.3 Å². The standard InChI is InChI=1S/C11H15NO2S/c1-9(11(13)14)2-5-12-6-3-10-4-7-15-8-10/h2,4,7-8,12H,3,5-6H2,1H3,(H,13,14)/b9-2-. The van der Waals surface area contributed by atoms with Crippen molar-refractivity contribution < 1.29 is 9.90 Å². The molecule has 0 aliphatic rings. The molecule has 0 aliphatic carbocycles. The predicted octanol–water partition coefficient (Wildman–Crippen LogP) is 1.91. The van der Waals surface area contributed by atoms with E-state index in [0.29, 0.717) is 12.1 Å². The van der Waals surface area contributed by atoms with Crippen molar-refractivity contribution in [2.75, 3.05) is 13.1 Å². The SMILES string of the molecule is C/C(=C/CNCCc1ccsc1)C(=O)O. The van der Waals surface area contributed by atoms with Crippen LogP contribution in [0.4, 0.5) is 0 Å². The van der Waals surface area contributed by atoms with E-state index in [4.69, 9.17) is 5.11 Å². The Bertz CT molecular complexity index is 330. The number of carboxylic acid groups (broad SMARTS) is 1. The van der Waals surface area contributed by atoms with Crippen molar-refractivity contribution in [2.24, 2.45) is 0 Å². The number of carbonyl (C=O) groups is 1. The van der Waals surface area contributed by atoms with Crippen LogP contribution in [0.1, 0.15) is 12.5 Å². The highest BCUT2D eigenvalue weighted by molar-refractivity contribution is 7.07. The summed E-state index contributed by atoms with van der Waals surface area (Å²) in [6.07, 6.45) is 2.68. The number of carboxylic acids is 1. The summed E-state index contributed by atoms with van der Waals surface area (Å²) in [5.74, 6) is -0.852. The number of hydrogen-bond acceptors (Lipinski definition) is 3. The molecule has 1 heterocycles. The molecule has 0 spiro atoms. The predicted molar refractivity (Wildman–Crippen MR) is 62.3 cm³/mol. The lowest BCUT2D eigenvalue weighted by atomic mass is 10.2. The quantitative estimate of drug-likeness (QED) is 0.574. The van der Waals surface area contributed by atoms with Gasteiger partial charge in [-0.1, -0.05) is 6.08 Å². The van der Waals surface area contributed by atoms with Crippen LogP contribution in [-0.4, -0.2) is 24.2 Å². The van der Waals surface area contributed by atoms with Gasteiger partial charge in [-0.2, -0.15) is 11.3 Å². The minimum Gasteiger partial charge on any atom is -0.478 e. The molecule has 4 heteroatoms. The molecule has 1 aromatic heterocycles. The van der Waals surface area contributed by atoms with Gasteiger partial charge in [-0.25, -0.2) is 4.79 Å². The van der Waals surface area contributed by atoms with Crippen molar-refractivity contribution in [1.29, 1.82) is 0 Å². The maximum absolute atomic E-state index is 10.5. The molecular weight excluding hydrogens is 210 g/mol. The summed E-state index contributed by atoms with van der Waals surface area (Å²) in [5.41, 5.74) is 1.71. The lowest BCUT2D eigenvalue weighted by molar-refractivity contribution is -0.132. The van der Waals surface area contributed by atoms with Crippen molar-refractivity contribution >= 4 is 17.3 Å². The molecule has 15 heavy (non-hydrogen) atoms. The summed E-state index contributed by atoms with van der Waals surface area (Å²) >= 11 is 1.69. The highest BCUT2D eigenvalue weighted by atomic mass is 32.1. The van der Waals surface area contributed by atoms with Gasteiger partial charge in [-0.15, -0.1) is 0 Å². The Kier molecular flexibility index (Phi) is 5.07. The van der Waals surface area contributed by atoms with Crippen LogP contribution in [0.25, 0.3) is 0 Å². The van der Waals surface area contributed by atoms with Crippen molar-refractivity contribution in [3.63, 3.8) is 0 Å². The summed E-state index contributed by atoms with van der Waals surface area (Å²) in [5, 5.41) is 16.0. The fraction of sp³-hybridized carbons (Fsp3) is 0.364. The zero-order valence-electron chi connectivity index (χ0n) is 8.69. The van der Waals surface area contributed by atoms with Gasteiger partial charge in [0.2, 0.25) is 0 Å². The maximum Gasteiger partial charge on any atom is 0.330 e. The van der Waals surface area contributed by atoms with E-state index >= 15 is 0 Å². The first-order valence-electron chi connectivity index (χ1n) is 4.82. The Hall–Kier alpha value is -1.13. The third kappa shape index (κ3) is 4.76. The van der Waals surface area contributed by atoms with Crippen LogP contribution in [0.5, 0.6) is 0 Å². The third-order valence-corrected chi connectivity index (χ3v) is 2.79. The second-order valence-corrected chi connectivity index (χ2v) is 4.06. The van der Waals surface area contributed by atoms with Gasteiger partial charge in [0, 0.05) is 12.1 Å². The second-order valence-electron chi connectivity index (χ2n) is 3.28. The van der Waals surface area contributed by atoms with Crippen molar-refractivity contribution in [3.8, 4) is 0 Å². The van der Waals surface area contributed by atoms with Crippen LogP contribution in [0.15, 0.2) is 28.5 Å². The smallest absolute Gasteiger partial charge is 0.330 e. The first kappa shape index (κ1) is 11.9. The van der Waals surface area contributed by atoms with E-state index in [0.717, 1.165) is 13.0 Å². The Morgan fingerprint density at radius 1 is 1.67 bits per heavy atom. The average molecular weight is 225 g/mol. The molecule has 0 radical (unpaired) electrons. The molecular formula is C11H15NO2S. The Balaban J connectivity index is 2.12. The molecule has 2 N–H and O–H groups in total. The van der Waals surface area contributed by atoms with E-state index in [1.807, 2.05) is 0 Å². The molecule has 0 amide bonds. The zero-order chi connectivity index (χ0) is 11.1. The molecule has 0 atom stereocenters. The summed E-state index contributed by atoms with van der Waals surface area (Å²) in [4.78, 5) is 10.5. The normalized spacial score (nSPS) is 11.7. The van der Waals surface area contributed by atoms with Crippen LogP contribution in [0, 0.1) is 0 Å². The lowest BCUT2D eigenvalue weighted by Crippen LogP contribution is -2.17. The monoisotopic (exact) mass is 225 g/mol. The molecule has 0 fully saturated rings. The largest absolute Gasteiger partial charge is 0.478 e. The minimum absolute atomic E-state index is 0.387. The lowest BCUT2D eigenvalue weighted by Gasteiger charge is -2.00. The van der Waals surface area contributed by atoms with Gasteiger partial charge in [-0.3, -0.25) is 0 Å². The van der Waals surface area contributed by atoms with E-state index in [-0.39, 0.29) is 0 Å². The van der Waals surface area contributed by atoms with Crippen molar-refractivity contribution in [3.05, 3.63) is 34.0 Å². The van der Waals surface area contributed by atoms with Crippen molar-refractivity contribution in [2.45, 2.75) is 13.3 Å². The van der Waals surface area contributed by atoms with Gasteiger partial charge < -0.3 is 10.4 Å². The first-order valence-corrected chi connectivity index (χ1v) is 5.76. The number of nitrogens with one attached hydrogen (secondary N) is 1. The summed E-state index contributed by atoms with van der Waals surface area (Å²) in [6.45, 7) is 3.09. The van der Waals surface area contributed by atoms with Crippen LogP contribution < -0.4 is 5.32 Å². The Morgan fingerprint density at radius 2 is 2.47 bits per heavy atom. The Labute approximate surface area is 93.4 Å². The first-order chi connectivity index (χ1) is 7.20. The van der Waals surface area contributed by atoms with Crippen LogP contribution in [0.3, 0.4) is 0 Å². The van der Waals surface area contributed by atoms with E-state index in [9.17, 15) is 4.79 Å². The Morgan fingerprint density at radius 3 is 3.07 bits per heavy atom. The zero-order valence-corrected chi connectivity index (χ0v) is 9.51. The third-order valence-electron chi connectivity index (χ3n) is 2.06. The van der Waals surface area contributed by atoms with Crippen LogP contribution in [-0.2, 0) is 11.2 Å². The highest BCUT2D eigenvalue weighted by Gasteiger charge is 1.97. The van der Waals surface area contributed by atoms with Crippen LogP contribution in [0.2, 0.25) is 0 Å². The number of hydrogen-bond donors (Lipinski definition) is 2. The topological polar surface area (TPSA) is 49.3 Å². The molecule has 0 saturated heterocycles. The summed E-state index contributed by atoms with van der Waals surface area (Å²) in [6, 6.07) is 2.10. The van der Waals surface area contributed by atoms with E-state index in [2.05, 4.69) is 22.1 Å². The summed E-state index contributed by atoms with van der Waals surface area (Å²) in [7, 11) is 0. The number of aliphatic carboxylic acids is 1. The van der Waals surface area contributed by atoms with Crippen LogP contribution >= 0.6 is 11.3 Å². The fourth-order valence-corrected chi connectivity index (χ4v) is 1.79. The van der Waals surface area contributed by atoms with Crippen molar-refractivity contribution in [1.82, 2.24) is 5.32 Å². The van der Waals surface area contributed by atoms with Gasteiger partial charge in [0.05, 0.1) is 0 Å². The molecule has 1 aromatic rings. The van der Waals surface area contributed by atoms with E-state index in [1.165, 1.54) is 5.56 Å². The molecule has 3 nitrogen and oxygen atoms in total. The van der Waals surface area contributed by atoms with Gasteiger partial charge in [0.25, 0.3) is 0 Å². The molecule has 0 unspecified atom stereocenters.